The lowest BCUT2D eigenvalue weighted by atomic mass is 10.1. The van der Waals surface area contributed by atoms with Gasteiger partial charge in [-0.3, -0.25) is 0 Å². The normalized spacial score (nSPS) is 12.3. The molecule has 6 nitrogen and oxygen atoms in total. The lowest BCUT2D eigenvalue weighted by molar-refractivity contribution is 0.113. The van der Waals surface area contributed by atoms with Gasteiger partial charge in [0.2, 0.25) is 5.82 Å². The zero-order valence-corrected chi connectivity index (χ0v) is 16.0. The Hall–Kier alpha value is -2.22. The molecule has 2 aromatic heterocycles. The molecule has 0 amide bonds. The lowest BCUT2D eigenvalue weighted by Gasteiger charge is -2.15. The second-order valence-corrected chi connectivity index (χ2v) is 7.35. The first kappa shape index (κ1) is 18.6. The number of thiophene rings is 1. The number of aryl methyl sites for hydroxylation is 3. The zero-order chi connectivity index (χ0) is 18.7. The van der Waals surface area contributed by atoms with Gasteiger partial charge in [0, 0.05) is 17.0 Å². The summed E-state index contributed by atoms with van der Waals surface area (Å²) in [5, 5.41) is 13.7. The Morgan fingerprint density at radius 1 is 1.27 bits per heavy atom. The van der Waals surface area contributed by atoms with E-state index in [0.717, 1.165) is 33.7 Å². The van der Waals surface area contributed by atoms with Crippen molar-refractivity contribution >= 4 is 11.3 Å². The van der Waals surface area contributed by atoms with Crippen LogP contribution in [0.1, 0.15) is 22.9 Å². The number of aliphatic hydroxyl groups is 1. The molecular formula is C19H23N3O3S. The van der Waals surface area contributed by atoms with Crippen LogP contribution in [-0.4, -0.2) is 34.5 Å². The van der Waals surface area contributed by atoms with Crippen molar-refractivity contribution in [3.63, 3.8) is 0 Å². The number of aliphatic hydroxyl groups excluding tert-OH is 1. The minimum absolute atomic E-state index is 0.169. The van der Waals surface area contributed by atoms with Crippen molar-refractivity contribution < 1.29 is 14.4 Å². The SMILES string of the molecule is CCc1ccc(-c2nc(-c3cc(C)c(OCC(O)CN)c(C)c3)no2)s1. The first-order chi connectivity index (χ1) is 12.5. The van der Waals surface area contributed by atoms with Crippen LogP contribution in [0.25, 0.3) is 22.2 Å². The highest BCUT2D eigenvalue weighted by atomic mass is 32.1. The number of benzene rings is 1. The summed E-state index contributed by atoms with van der Waals surface area (Å²) in [6, 6.07) is 8.01. The summed E-state index contributed by atoms with van der Waals surface area (Å²) < 4.78 is 11.1. The van der Waals surface area contributed by atoms with E-state index in [1.165, 1.54) is 4.88 Å². The molecule has 0 saturated heterocycles. The summed E-state index contributed by atoms with van der Waals surface area (Å²) in [6.45, 7) is 6.37. The van der Waals surface area contributed by atoms with Gasteiger partial charge >= 0.3 is 0 Å². The van der Waals surface area contributed by atoms with Gasteiger partial charge in [-0.25, -0.2) is 0 Å². The highest BCUT2D eigenvalue weighted by molar-refractivity contribution is 7.15. The van der Waals surface area contributed by atoms with Crippen molar-refractivity contribution in [2.75, 3.05) is 13.2 Å². The van der Waals surface area contributed by atoms with Crippen LogP contribution in [-0.2, 0) is 6.42 Å². The summed E-state index contributed by atoms with van der Waals surface area (Å²) >= 11 is 1.66. The van der Waals surface area contributed by atoms with Crippen LogP contribution < -0.4 is 10.5 Å². The predicted molar refractivity (Wildman–Crippen MR) is 102 cm³/mol. The quantitative estimate of drug-likeness (QED) is 0.660. The fraction of sp³-hybridized carbons (Fsp3) is 0.368. The number of rotatable bonds is 7. The Labute approximate surface area is 156 Å². The molecule has 0 bridgehead atoms. The van der Waals surface area contributed by atoms with Gasteiger partial charge in [0.05, 0.1) is 4.88 Å². The van der Waals surface area contributed by atoms with Crippen LogP contribution in [0.5, 0.6) is 5.75 Å². The standard InChI is InChI=1S/C19H23N3O3S/c1-4-15-5-6-16(26-15)19-21-18(22-25-19)13-7-11(2)17(12(3)8-13)24-10-14(23)9-20/h5-8,14,23H,4,9-10,20H2,1-3H3. The molecule has 0 saturated carbocycles. The van der Waals surface area contributed by atoms with Crippen LogP contribution in [0.4, 0.5) is 0 Å². The molecule has 0 aliphatic heterocycles. The fourth-order valence-electron chi connectivity index (χ4n) is 2.68. The number of nitrogens with zero attached hydrogens (tertiary/aromatic N) is 2. The molecule has 26 heavy (non-hydrogen) atoms. The van der Waals surface area contributed by atoms with Gasteiger partial charge in [-0.15, -0.1) is 11.3 Å². The van der Waals surface area contributed by atoms with E-state index in [0.29, 0.717) is 11.7 Å². The molecule has 138 valence electrons. The molecule has 3 rings (SSSR count). The maximum atomic E-state index is 9.58. The molecule has 1 unspecified atom stereocenters. The van der Waals surface area contributed by atoms with Crippen LogP contribution in [0.3, 0.4) is 0 Å². The second-order valence-electron chi connectivity index (χ2n) is 6.18. The van der Waals surface area contributed by atoms with Gasteiger partial charge in [-0.2, -0.15) is 4.98 Å². The Bertz CT molecular complexity index is 865. The molecular weight excluding hydrogens is 350 g/mol. The smallest absolute Gasteiger partial charge is 0.268 e. The minimum Gasteiger partial charge on any atom is -0.490 e. The predicted octanol–water partition coefficient (Wildman–Crippen LogP) is 3.34. The lowest BCUT2D eigenvalue weighted by Crippen LogP contribution is -2.26. The highest BCUT2D eigenvalue weighted by Gasteiger charge is 2.15. The molecule has 1 atom stereocenters. The second kappa shape index (κ2) is 7.99. The van der Waals surface area contributed by atoms with Crippen LogP contribution in [0.15, 0.2) is 28.8 Å². The average Bonchev–Trinajstić information content (AvgIpc) is 3.29. The topological polar surface area (TPSA) is 94.4 Å². The van der Waals surface area contributed by atoms with E-state index < -0.39 is 6.10 Å². The first-order valence-corrected chi connectivity index (χ1v) is 9.38. The van der Waals surface area contributed by atoms with E-state index in [4.69, 9.17) is 15.0 Å². The molecule has 2 heterocycles. The molecule has 0 fully saturated rings. The van der Waals surface area contributed by atoms with Crippen molar-refractivity contribution in [1.29, 1.82) is 0 Å². The van der Waals surface area contributed by atoms with E-state index in [2.05, 4.69) is 23.1 Å². The number of aromatic nitrogens is 2. The van der Waals surface area contributed by atoms with Gasteiger partial charge in [0.25, 0.3) is 5.89 Å². The van der Waals surface area contributed by atoms with Crippen molar-refractivity contribution in [3.8, 4) is 27.9 Å². The molecule has 0 aliphatic carbocycles. The third-order valence-corrected chi connectivity index (χ3v) is 5.28. The largest absolute Gasteiger partial charge is 0.490 e. The van der Waals surface area contributed by atoms with Crippen LogP contribution >= 0.6 is 11.3 Å². The molecule has 0 aliphatic rings. The maximum absolute atomic E-state index is 9.58. The summed E-state index contributed by atoms with van der Waals surface area (Å²) in [4.78, 5) is 6.79. The van der Waals surface area contributed by atoms with Gasteiger partial charge in [-0.05, 0) is 55.7 Å². The van der Waals surface area contributed by atoms with E-state index in [9.17, 15) is 5.11 Å². The van der Waals surface area contributed by atoms with E-state index in [1.54, 1.807) is 11.3 Å². The molecule has 1 aromatic carbocycles. The fourth-order valence-corrected chi connectivity index (χ4v) is 3.55. The monoisotopic (exact) mass is 373 g/mol. The van der Waals surface area contributed by atoms with Gasteiger partial charge < -0.3 is 20.1 Å². The third kappa shape index (κ3) is 3.95. The Morgan fingerprint density at radius 3 is 2.62 bits per heavy atom. The van der Waals surface area contributed by atoms with Gasteiger partial charge in [-0.1, -0.05) is 12.1 Å². The zero-order valence-electron chi connectivity index (χ0n) is 15.2. The van der Waals surface area contributed by atoms with E-state index in [1.807, 2.05) is 32.0 Å². The van der Waals surface area contributed by atoms with E-state index >= 15 is 0 Å². The molecule has 0 radical (unpaired) electrons. The van der Waals surface area contributed by atoms with Crippen molar-refractivity contribution in [1.82, 2.24) is 10.1 Å². The Balaban J connectivity index is 1.84. The summed E-state index contributed by atoms with van der Waals surface area (Å²) in [7, 11) is 0. The Kier molecular flexibility index (Phi) is 5.70. The van der Waals surface area contributed by atoms with Crippen LogP contribution in [0, 0.1) is 13.8 Å². The van der Waals surface area contributed by atoms with Crippen molar-refractivity contribution in [2.24, 2.45) is 5.73 Å². The first-order valence-electron chi connectivity index (χ1n) is 8.57. The van der Waals surface area contributed by atoms with Gasteiger partial charge in [0.15, 0.2) is 0 Å². The summed E-state index contributed by atoms with van der Waals surface area (Å²) in [5.74, 6) is 1.83. The molecule has 0 spiro atoms. The number of nitrogens with two attached hydrogens (primary N) is 1. The van der Waals surface area contributed by atoms with Crippen molar-refractivity contribution in [3.05, 3.63) is 40.3 Å². The van der Waals surface area contributed by atoms with Crippen molar-refractivity contribution in [2.45, 2.75) is 33.3 Å². The maximum Gasteiger partial charge on any atom is 0.268 e. The highest BCUT2D eigenvalue weighted by Crippen LogP contribution is 2.32. The Morgan fingerprint density at radius 2 is 2.00 bits per heavy atom. The number of hydrogen-bond donors (Lipinski definition) is 2. The summed E-state index contributed by atoms with van der Waals surface area (Å²) in [6.07, 6.45) is 0.316. The summed E-state index contributed by atoms with van der Waals surface area (Å²) in [5.41, 5.74) is 8.18. The van der Waals surface area contributed by atoms with Crippen LogP contribution in [0.2, 0.25) is 0 Å². The third-order valence-electron chi connectivity index (χ3n) is 4.06. The molecule has 7 heteroatoms. The minimum atomic E-state index is -0.674. The van der Waals surface area contributed by atoms with E-state index in [-0.39, 0.29) is 13.2 Å². The van der Waals surface area contributed by atoms with Gasteiger partial charge in [0.1, 0.15) is 18.5 Å². The number of ether oxygens (including phenoxy) is 1. The molecule has 3 N–H and O–H groups in total. The number of hydrogen-bond acceptors (Lipinski definition) is 7. The molecule has 3 aromatic rings. The average molecular weight is 373 g/mol.